The zero-order valence-electron chi connectivity index (χ0n) is 9.90. The second-order valence-electron chi connectivity index (χ2n) is 3.69. The van der Waals surface area contributed by atoms with E-state index in [-0.39, 0.29) is 4.90 Å². The van der Waals surface area contributed by atoms with E-state index >= 15 is 0 Å². The first kappa shape index (κ1) is 14.1. The highest BCUT2D eigenvalue weighted by molar-refractivity contribution is 7.89. The van der Waals surface area contributed by atoms with Crippen molar-refractivity contribution < 1.29 is 18.0 Å². The molecule has 0 saturated heterocycles. The fraction of sp³-hybridized carbons (Fsp3) is 0.273. The van der Waals surface area contributed by atoms with Gasteiger partial charge in [0.15, 0.2) is 0 Å². The van der Waals surface area contributed by atoms with E-state index in [4.69, 9.17) is 0 Å². The molecule has 0 aromatic heterocycles. The summed E-state index contributed by atoms with van der Waals surface area (Å²) in [6.45, 7) is 3.03. The maximum atomic E-state index is 12.2. The second-order valence-corrected chi connectivity index (χ2v) is 5.51. The van der Waals surface area contributed by atoms with Crippen LogP contribution in [-0.4, -0.2) is 30.9 Å². The number of aliphatic imine (C=N–C) groups is 1. The summed E-state index contributed by atoms with van der Waals surface area (Å²) in [5.74, 6) is 0. The molecule has 7 heteroatoms. The lowest BCUT2D eigenvalue weighted by molar-refractivity contribution is 0.226. The largest absolute Gasteiger partial charge is 0.368 e. The molecular formula is C11H12N2O4S. The van der Waals surface area contributed by atoms with Crippen LogP contribution in [0.2, 0.25) is 0 Å². The smallest absolute Gasteiger partial charge is 0.244 e. The summed E-state index contributed by atoms with van der Waals surface area (Å²) in [4.78, 5) is 24.4. The minimum Gasteiger partial charge on any atom is -0.244 e. The van der Waals surface area contributed by atoms with Crippen molar-refractivity contribution in [2.75, 3.05) is 0 Å². The van der Waals surface area contributed by atoms with Gasteiger partial charge in [-0.2, -0.15) is 0 Å². The maximum Gasteiger partial charge on any atom is 0.368 e. The predicted molar refractivity (Wildman–Crippen MR) is 64.1 cm³/mol. The summed E-state index contributed by atoms with van der Waals surface area (Å²) in [5.41, 5.74) is 0. The number of urea groups is 1. The van der Waals surface area contributed by atoms with E-state index in [1.807, 2.05) is 0 Å². The molecule has 0 bridgehead atoms. The standard InChI is InChI=1S/C11H12N2O4S/c1-9(2)13(11(15)12-8-14)18(16,17)10-6-4-3-5-7-10/h3-7,9H,1-2H3. The Bertz CT molecular complexity index is 574. The monoisotopic (exact) mass is 268 g/mol. The summed E-state index contributed by atoms with van der Waals surface area (Å²) in [7, 11) is -4.01. The fourth-order valence-electron chi connectivity index (χ4n) is 1.40. The van der Waals surface area contributed by atoms with Gasteiger partial charge < -0.3 is 0 Å². The van der Waals surface area contributed by atoms with Gasteiger partial charge in [0, 0.05) is 6.04 Å². The lowest BCUT2D eigenvalue weighted by Gasteiger charge is -2.23. The lowest BCUT2D eigenvalue weighted by atomic mass is 10.4. The van der Waals surface area contributed by atoms with Crippen LogP contribution in [0.1, 0.15) is 13.8 Å². The molecule has 96 valence electrons. The zero-order valence-corrected chi connectivity index (χ0v) is 10.7. The Morgan fingerprint density at radius 2 is 1.83 bits per heavy atom. The first-order chi connectivity index (χ1) is 8.41. The van der Waals surface area contributed by atoms with Crippen LogP contribution in [0.3, 0.4) is 0 Å². The minimum atomic E-state index is -4.01. The molecule has 0 aliphatic heterocycles. The number of carbonyl (C=O) groups is 1. The molecule has 0 aliphatic carbocycles. The fourth-order valence-corrected chi connectivity index (χ4v) is 2.93. The Kier molecular flexibility index (Phi) is 4.36. The van der Waals surface area contributed by atoms with Gasteiger partial charge in [0.05, 0.1) is 4.90 Å². The number of sulfonamides is 1. The van der Waals surface area contributed by atoms with E-state index < -0.39 is 22.1 Å². The molecule has 0 atom stereocenters. The molecule has 0 radical (unpaired) electrons. The first-order valence-electron chi connectivity index (χ1n) is 5.12. The SMILES string of the molecule is CC(C)N(C(=O)N=C=O)S(=O)(=O)c1ccccc1. The normalized spacial score (nSPS) is 10.8. The Morgan fingerprint density at radius 1 is 1.28 bits per heavy atom. The number of benzene rings is 1. The topological polar surface area (TPSA) is 83.9 Å². The Morgan fingerprint density at radius 3 is 2.28 bits per heavy atom. The Hall–Kier alpha value is -1.98. The first-order valence-corrected chi connectivity index (χ1v) is 6.56. The van der Waals surface area contributed by atoms with Crippen LogP contribution in [0.4, 0.5) is 4.79 Å². The lowest BCUT2D eigenvalue weighted by Crippen LogP contribution is -2.40. The summed E-state index contributed by atoms with van der Waals surface area (Å²) >= 11 is 0. The number of isocyanates is 1. The molecule has 1 aromatic rings. The molecule has 0 aliphatic rings. The van der Waals surface area contributed by atoms with Crippen LogP contribution >= 0.6 is 0 Å². The van der Waals surface area contributed by atoms with Gasteiger partial charge >= 0.3 is 6.03 Å². The number of hydrogen-bond acceptors (Lipinski definition) is 4. The number of rotatable bonds is 3. The molecule has 0 N–H and O–H groups in total. The molecular weight excluding hydrogens is 256 g/mol. The molecule has 18 heavy (non-hydrogen) atoms. The van der Waals surface area contributed by atoms with Crippen molar-refractivity contribution in [3.8, 4) is 0 Å². The highest BCUT2D eigenvalue weighted by Crippen LogP contribution is 2.18. The molecule has 0 saturated carbocycles. The van der Waals surface area contributed by atoms with Gasteiger partial charge in [-0.3, -0.25) is 0 Å². The molecule has 6 nitrogen and oxygen atoms in total. The van der Waals surface area contributed by atoms with Gasteiger partial charge in [0.2, 0.25) is 6.08 Å². The molecule has 0 unspecified atom stereocenters. The summed E-state index contributed by atoms with van der Waals surface area (Å²) in [5, 5.41) is 0. The molecule has 1 aromatic carbocycles. The quantitative estimate of drug-likeness (QED) is 0.615. The number of nitrogens with zero attached hydrogens (tertiary/aromatic N) is 2. The van der Waals surface area contributed by atoms with Gasteiger partial charge in [-0.05, 0) is 26.0 Å². The van der Waals surface area contributed by atoms with Crippen LogP contribution in [0, 0.1) is 0 Å². The van der Waals surface area contributed by atoms with Gasteiger partial charge in [-0.15, -0.1) is 4.99 Å². The van der Waals surface area contributed by atoms with Gasteiger partial charge in [-0.25, -0.2) is 22.3 Å². The predicted octanol–water partition coefficient (Wildman–Crippen LogP) is 1.54. The molecule has 1 rings (SSSR count). The van der Waals surface area contributed by atoms with E-state index in [0.717, 1.165) is 6.08 Å². The Labute approximate surface area is 105 Å². The van der Waals surface area contributed by atoms with Crippen molar-refractivity contribution in [1.29, 1.82) is 0 Å². The van der Waals surface area contributed by atoms with Crippen molar-refractivity contribution >= 4 is 22.1 Å². The number of amides is 2. The van der Waals surface area contributed by atoms with Crippen molar-refractivity contribution in [2.45, 2.75) is 24.8 Å². The summed E-state index contributed by atoms with van der Waals surface area (Å²) in [6.07, 6.45) is 1.05. The van der Waals surface area contributed by atoms with Crippen molar-refractivity contribution in [2.24, 2.45) is 4.99 Å². The van der Waals surface area contributed by atoms with Gasteiger partial charge in [-0.1, -0.05) is 18.2 Å². The zero-order chi connectivity index (χ0) is 13.8. The van der Waals surface area contributed by atoms with E-state index in [1.165, 1.54) is 26.0 Å². The average molecular weight is 268 g/mol. The second kappa shape index (κ2) is 5.57. The summed E-state index contributed by atoms with van der Waals surface area (Å²) in [6, 6.07) is 5.66. The van der Waals surface area contributed by atoms with Crippen molar-refractivity contribution in [3.05, 3.63) is 30.3 Å². The number of carbonyl (C=O) groups excluding carboxylic acids is 2. The van der Waals surface area contributed by atoms with Crippen LogP contribution in [0.25, 0.3) is 0 Å². The van der Waals surface area contributed by atoms with E-state index in [2.05, 4.69) is 4.99 Å². The van der Waals surface area contributed by atoms with Crippen LogP contribution in [0.5, 0.6) is 0 Å². The maximum absolute atomic E-state index is 12.2. The molecule has 0 heterocycles. The third kappa shape index (κ3) is 2.82. The highest BCUT2D eigenvalue weighted by Gasteiger charge is 2.31. The average Bonchev–Trinajstić information content (AvgIpc) is 2.29. The van der Waals surface area contributed by atoms with E-state index in [1.54, 1.807) is 18.2 Å². The van der Waals surface area contributed by atoms with Crippen LogP contribution < -0.4 is 0 Å². The molecule has 0 fully saturated rings. The van der Waals surface area contributed by atoms with Gasteiger partial charge in [0.1, 0.15) is 0 Å². The Balaban J connectivity index is 3.30. The van der Waals surface area contributed by atoms with Crippen LogP contribution in [0.15, 0.2) is 40.2 Å². The molecule has 2 amide bonds. The van der Waals surface area contributed by atoms with Crippen LogP contribution in [-0.2, 0) is 14.8 Å². The van der Waals surface area contributed by atoms with E-state index in [0.29, 0.717) is 4.31 Å². The summed E-state index contributed by atoms with van der Waals surface area (Å²) < 4.78 is 25.0. The third-order valence-corrected chi connectivity index (χ3v) is 4.06. The third-order valence-electron chi connectivity index (χ3n) is 2.10. The minimum absolute atomic E-state index is 0.0341. The van der Waals surface area contributed by atoms with Crippen molar-refractivity contribution in [1.82, 2.24) is 4.31 Å². The molecule has 0 spiro atoms. The van der Waals surface area contributed by atoms with Crippen molar-refractivity contribution in [3.63, 3.8) is 0 Å². The van der Waals surface area contributed by atoms with Gasteiger partial charge in [0.25, 0.3) is 10.0 Å². The highest BCUT2D eigenvalue weighted by atomic mass is 32.2. The van der Waals surface area contributed by atoms with E-state index in [9.17, 15) is 18.0 Å². The number of hydrogen-bond donors (Lipinski definition) is 0.